The summed E-state index contributed by atoms with van der Waals surface area (Å²) >= 11 is 0. The molecule has 1 saturated heterocycles. The van der Waals surface area contributed by atoms with Gasteiger partial charge in [-0.25, -0.2) is 18.5 Å². The summed E-state index contributed by atoms with van der Waals surface area (Å²) in [6.07, 6.45) is 1.16. The molecule has 0 aromatic heterocycles. The monoisotopic (exact) mass is 385 g/mol. The Balaban J connectivity index is 1.79. The first kappa shape index (κ1) is 19.2. The molecule has 1 aliphatic heterocycles. The first-order valence-corrected chi connectivity index (χ1v) is 8.47. The molecule has 2 aromatic rings. The average Bonchev–Trinajstić information content (AvgIpc) is 2.89. The molecule has 8 heteroatoms. The first-order chi connectivity index (χ1) is 13.4. The molecule has 2 aromatic carbocycles. The second-order valence-corrected chi connectivity index (χ2v) is 6.15. The van der Waals surface area contributed by atoms with Crippen LogP contribution in [-0.2, 0) is 9.59 Å². The number of carbonyl (C=O) groups is 3. The van der Waals surface area contributed by atoms with E-state index >= 15 is 0 Å². The van der Waals surface area contributed by atoms with Crippen molar-refractivity contribution in [1.82, 2.24) is 4.90 Å². The normalized spacial score (nSPS) is 16.4. The van der Waals surface area contributed by atoms with Crippen molar-refractivity contribution in [3.05, 3.63) is 72.8 Å². The minimum atomic E-state index is -1.03. The van der Waals surface area contributed by atoms with Gasteiger partial charge >= 0.3 is 6.03 Å². The van der Waals surface area contributed by atoms with Crippen LogP contribution in [0.1, 0.15) is 6.42 Å². The van der Waals surface area contributed by atoms with Crippen molar-refractivity contribution >= 4 is 29.2 Å². The van der Waals surface area contributed by atoms with Crippen molar-refractivity contribution in [2.45, 2.75) is 12.5 Å². The molecule has 28 heavy (non-hydrogen) atoms. The quantitative estimate of drug-likeness (QED) is 0.613. The number of carbonyl (C=O) groups excluding carboxylic acids is 3. The summed E-state index contributed by atoms with van der Waals surface area (Å²) in [6, 6.07) is 8.44. The maximum atomic E-state index is 13.2. The Morgan fingerprint density at radius 2 is 1.61 bits per heavy atom. The number of nitrogens with one attached hydrogen (secondary N) is 1. The third-order valence-corrected chi connectivity index (χ3v) is 4.24. The van der Waals surface area contributed by atoms with E-state index in [0.717, 1.165) is 17.0 Å². The van der Waals surface area contributed by atoms with Gasteiger partial charge in [0, 0.05) is 12.2 Å². The molecule has 144 valence electrons. The van der Waals surface area contributed by atoms with E-state index in [2.05, 4.69) is 11.9 Å². The van der Waals surface area contributed by atoms with Crippen molar-refractivity contribution in [2.24, 2.45) is 0 Å². The summed E-state index contributed by atoms with van der Waals surface area (Å²) in [7, 11) is 0. The molecule has 0 radical (unpaired) electrons. The Bertz CT molecular complexity index is 913. The molecular weight excluding hydrogens is 368 g/mol. The van der Waals surface area contributed by atoms with Crippen LogP contribution in [0.5, 0.6) is 0 Å². The van der Waals surface area contributed by atoms with Crippen LogP contribution in [0, 0.1) is 11.6 Å². The van der Waals surface area contributed by atoms with Gasteiger partial charge in [-0.2, -0.15) is 0 Å². The molecule has 0 saturated carbocycles. The van der Waals surface area contributed by atoms with Gasteiger partial charge in [0.15, 0.2) is 0 Å². The standard InChI is InChI=1S/C20H17F2N3O3/c1-2-11-24-17(12-18(26)23-15-7-3-13(21)4-8-15)19(27)25(20(24)28)16-9-5-14(22)6-10-16/h2-10,17H,1,11-12H2,(H,23,26). The number of amides is 4. The van der Waals surface area contributed by atoms with Gasteiger partial charge in [-0.15, -0.1) is 6.58 Å². The molecule has 1 aliphatic rings. The van der Waals surface area contributed by atoms with E-state index < -0.39 is 35.5 Å². The van der Waals surface area contributed by atoms with Crippen LogP contribution in [0.2, 0.25) is 0 Å². The smallest absolute Gasteiger partial charge is 0.326 e. The average molecular weight is 385 g/mol. The van der Waals surface area contributed by atoms with E-state index in [1.54, 1.807) is 0 Å². The first-order valence-electron chi connectivity index (χ1n) is 8.47. The fraction of sp³-hybridized carbons (Fsp3) is 0.150. The highest BCUT2D eigenvalue weighted by atomic mass is 19.1. The predicted molar refractivity (Wildman–Crippen MR) is 99.6 cm³/mol. The molecule has 0 spiro atoms. The third kappa shape index (κ3) is 3.90. The molecule has 1 unspecified atom stereocenters. The Morgan fingerprint density at radius 3 is 2.18 bits per heavy atom. The Morgan fingerprint density at radius 1 is 1.04 bits per heavy atom. The number of hydrogen-bond donors (Lipinski definition) is 1. The molecule has 1 atom stereocenters. The van der Waals surface area contributed by atoms with E-state index in [-0.39, 0.29) is 18.7 Å². The molecule has 0 aliphatic carbocycles. The van der Waals surface area contributed by atoms with Gasteiger partial charge in [0.2, 0.25) is 5.91 Å². The van der Waals surface area contributed by atoms with Crippen LogP contribution in [0.4, 0.5) is 25.0 Å². The van der Waals surface area contributed by atoms with Crippen LogP contribution in [0.3, 0.4) is 0 Å². The van der Waals surface area contributed by atoms with Gasteiger partial charge in [-0.05, 0) is 48.5 Å². The summed E-state index contributed by atoms with van der Waals surface area (Å²) in [6.45, 7) is 3.64. The fourth-order valence-corrected chi connectivity index (χ4v) is 2.93. The van der Waals surface area contributed by atoms with Crippen molar-refractivity contribution in [3.63, 3.8) is 0 Å². The van der Waals surface area contributed by atoms with Crippen LogP contribution in [0.25, 0.3) is 0 Å². The number of urea groups is 1. The van der Waals surface area contributed by atoms with Crippen LogP contribution in [0.15, 0.2) is 61.2 Å². The summed E-state index contributed by atoms with van der Waals surface area (Å²) in [5, 5.41) is 2.57. The zero-order chi connectivity index (χ0) is 20.3. The lowest BCUT2D eigenvalue weighted by Crippen LogP contribution is -2.38. The topological polar surface area (TPSA) is 69.7 Å². The summed E-state index contributed by atoms with van der Waals surface area (Å²) in [5.41, 5.74) is 0.584. The molecule has 1 fully saturated rings. The molecule has 1 N–H and O–H groups in total. The molecule has 0 bridgehead atoms. The number of rotatable bonds is 6. The Hall–Kier alpha value is -3.55. The van der Waals surface area contributed by atoms with E-state index in [1.807, 2.05) is 0 Å². The molecular formula is C20H17F2N3O3. The van der Waals surface area contributed by atoms with Crippen molar-refractivity contribution in [3.8, 4) is 0 Å². The number of hydrogen-bond acceptors (Lipinski definition) is 3. The van der Waals surface area contributed by atoms with Gasteiger partial charge in [0.1, 0.15) is 17.7 Å². The van der Waals surface area contributed by atoms with Crippen LogP contribution in [-0.4, -0.2) is 35.3 Å². The van der Waals surface area contributed by atoms with Gasteiger partial charge in [-0.1, -0.05) is 6.08 Å². The number of nitrogens with zero attached hydrogens (tertiary/aromatic N) is 2. The lowest BCUT2D eigenvalue weighted by atomic mass is 10.1. The SMILES string of the molecule is C=CCN1C(=O)N(c2ccc(F)cc2)C(=O)C1CC(=O)Nc1ccc(F)cc1. The highest BCUT2D eigenvalue weighted by Crippen LogP contribution is 2.27. The largest absolute Gasteiger partial charge is 0.332 e. The Kier molecular flexibility index (Phi) is 5.49. The second-order valence-electron chi connectivity index (χ2n) is 6.15. The van der Waals surface area contributed by atoms with Crippen molar-refractivity contribution in [1.29, 1.82) is 0 Å². The van der Waals surface area contributed by atoms with Crippen molar-refractivity contribution in [2.75, 3.05) is 16.8 Å². The van der Waals surface area contributed by atoms with Gasteiger partial charge in [-0.3, -0.25) is 9.59 Å². The van der Waals surface area contributed by atoms with Crippen molar-refractivity contribution < 1.29 is 23.2 Å². The minimum absolute atomic E-state index is 0.0662. The molecule has 6 nitrogen and oxygen atoms in total. The van der Waals surface area contributed by atoms with E-state index in [9.17, 15) is 23.2 Å². The van der Waals surface area contributed by atoms with Crippen LogP contribution >= 0.6 is 0 Å². The fourth-order valence-electron chi connectivity index (χ4n) is 2.93. The maximum Gasteiger partial charge on any atom is 0.332 e. The molecule has 3 rings (SSSR count). The maximum absolute atomic E-state index is 13.2. The molecule has 1 heterocycles. The highest BCUT2D eigenvalue weighted by molar-refractivity contribution is 6.22. The van der Waals surface area contributed by atoms with Gasteiger partial charge in [0.05, 0.1) is 12.1 Å². The zero-order valence-electron chi connectivity index (χ0n) is 14.8. The van der Waals surface area contributed by atoms with E-state index in [4.69, 9.17) is 0 Å². The molecule has 4 amide bonds. The minimum Gasteiger partial charge on any atom is -0.326 e. The van der Waals surface area contributed by atoms with E-state index in [1.165, 1.54) is 47.4 Å². The number of imide groups is 1. The summed E-state index contributed by atoms with van der Waals surface area (Å²) in [4.78, 5) is 40.0. The summed E-state index contributed by atoms with van der Waals surface area (Å²) in [5.74, 6) is -2.04. The summed E-state index contributed by atoms with van der Waals surface area (Å²) < 4.78 is 26.1. The lowest BCUT2D eigenvalue weighted by Gasteiger charge is -2.19. The third-order valence-electron chi connectivity index (χ3n) is 4.24. The van der Waals surface area contributed by atoms with Gasteiger partial charge < -0.3 is 10.2 Å². The predicted octanol–water partition coefficient (Wildman–Crippen LogP) is 3.32. The van der Waals surface area contributed by atoms with E-state index in [0.29, 0.717) is 5.69 Å². The number of anilines is 2. The van der Waals surface area contributed by atoms with Crippen LogP contribution < -0.4 is 10.2 Å². The zero-order valence-corrected chi connectivity index (χ0v) is 14.8. The highest BCUT2D eigenvalue weighted by Gasteiger charge is 2.46. The number of halogens is 2. The number of benzene rings is 2. The Labute approximate surface area is 160 Å². The second kappa shape index (κ2) is 7.99. The van der Waals surface area contributed by atoms with Gasteiger partial charge in [0.25, 0.3) is 5.91 Å². The lowest BCUT2D eigenvalue weighted by molar-refractivity contribution is -0.124.